The number of carbonyl (C=O) groups is 1. The summed E-state index contributed by atoms with van der Waals surface area (Å²) in [6.45, 7) is 0. The molecular formula is C14H12ClNO3S2. The summed E-state index contributed by atoms with van der Waals surface area (Å²) in [4.78, 5) is 12.9. The van der Waals surface area contributed by atoms with Crippen molar-refractivity contribution in [3.8, 4) is 0 Å². The van der Waals surface area contributed by atoms with Gasteiger partial charge in [-0.1, -0.05) is 11.6 Å². The monoisotopic (exact) mass is 341 g/mol. The molecule has 0 saturated heterocycles. The van der Waals surface area contributed by atoms with Gasteiger partial charge in [0.1, 0.15) is 0 Å². The van der Waals surface area contributed by atoms with Crippen LogP contribution in [0.1, 0.15) is 10.4 Å². The first kappa shape index (κ1) is 15.9. The van der Waals surface area contributed by atoms with Gasteiger partial charge in [-0.15, -0.1) is 12.6 Å². The fourth-order valence-corrected chi connectivity index (χ4v) is 2.71. The number of benzene rings is 2. The third-order valence-electron chi connectivity index (χ3n) is 2.73. The summed E-state index contributed by atoms with van der Waals surface area (Å²) in [5.74, 6) is -0.386. The van der Waals surface area contributed by atoms with Gasteiger partial charge in [-0.2, -0.15) is 0 Å². The Morgan fingerprint density at radius 2 is 1.76 bits per heavy atom. The fourth-order valence-electron chi connectivity index (χ4n) is 1.67. The van der Waals surface area contributed by atoms with Gasteiger partial charge in [-0.3, -0.25) is 4.79 Å². The van der Waals surface area contributed by atoms with E-state index in [1.165, 1.54) is 24.3 Å². The Balaban J connectivity index is 2.22. The molecule has 0 saturated carbocycles. The molecule has 2 aromatic rings. The van der Waals surface area contributed by atoms with Gasteiger partial charge in [0, 0.05) is 16.8 Å². The molecule has 4 nitrogen and oxygen atoms in total. The molecule has 0 fully saturated rings. The van der Waals surface area contributed by atoms with Crippen LogP contribution >= 0.6 is 24.2 Å². The predicted molar refractivity (Wildman–Crippen MR) is 86.2 cm³/mol. The van der Waals surface area contributed by atoms with Gasteiger partial charge in [0.05, 0.1) is 15.5 Å². The molecular weight excluding hydrogens is 330 g/mol. The van der Waals surface area contributed by atoms with Crippen molar-refractivity contribution in [2.75, 3.05) is 11.6 Å². The second kappa shape index (κ2) is 6.09. The number of rotatable bonds is 3. The molecule has 0 spiro atoms. The largest absolute Gasteiger partial charge is 0.322 e. The fraction of sp³-hybridized carbons (Fsp3) is 0.0714. The van der Waals surface area contributed by atoms with Crippen molar-refractivity contribution in [1.29, 1.82) is 0 Å². The zero-order valence-corrected chi connectivity index (χ0v) is 13.5. The van der Waals surface area contributed by atoms with Gasteiger partial charge < -0.3 is 5.32 Å². The average Bonchev–Trinajstić information content (AvgIpc) is 2.41. The average molecular weight is 342 g/mol. The number of halogens is 1. The van der Waals surface area contributed by atoms with Crippen LogP contribution < -0.4 is 5.32 Å². The van der Waals surface area contributed by atoms with Crippen molar-refractivity contribution >= 4 is 45.7 Å². The van der Waals surface area contributed by atoms with Crippen molar-refractivity contribution in [3.05, 3.63) is 53.1 Å². The molecule has 0 aromatic heterocycles. The van der Waals surface area contributed by atoms with Crippen LogP contribution in [-0.2, 0) is 9.84 Å². The molecule has 1 N–H and O–H groups in total. The van der Waals surface area contributed by atoms with Crippen LogP contribution in [0.4, 0.5) is 5.69 Å². The molecule has 0 aliphatic carbocycles. The molecule has 0 aliphatic rings. The molecule has 2 aromatic carbocycles. The molecule has 0 bridgehead atoms. The second-order valence-electron chi connectivity index (χ2n) is 4.41. The van der Waals surface area contributed by atoms with Gasteiger partial charge in [-0.05, 0) is 42.5 Å². The molecule has 21 heavy (non-hydrogen) atoms. The molecule has 0 aliphatic heterocycles. The quantitative estimate of drug-likeness (QED) is 0.842. The molecule has 7 heteroatoms. The van der Waals surface area contributed by atoms with Gasteiger partial charge >= 0.3 is 0 Å². The number of nitrogens with one attached hydrogen (secondary N) is 1. The van der Waals surface area contributed by atoms with E-state index in [0.717, 1.165) is 6.26 Å². The van der Waals surface area contributed by atoms with Crippen LogP contribution in [0.25, 0.3) is 0 Å². The molecule has 0 atom stereocenters. The maximum atomic E-state index is 12.1. The van der Waals surface area contributed by atoms with Crippen LogP contribution in [0.5, 0.6) is 0 Å². The van der Waals surface area contributed by atoms with E-state index >= 15 is 0 Å². The highest BCUT2D eigenvalue weighted by Gasteiger charge is 2.12. The van der Waals surface area contributed by atoms with Crippen molar-refractivity contribution in [3.63, 3.8) is 0 Å². The molecule has 0 heterocycles. The third kappa shape index (κ3) is 4.00. The first-order valence-electron chi connectivity index (χ1n) is 5.87. The standard InChI is InChI=1S/C14H12ClNO3S2/c1-21(18,19)11-5-2-9(3-6-11)16-14(17)12-8-10(20)4-7-13(12)15/h2-8,20H,1H3,(H,16,17). The van der Waals surface area contributed by atoms with E-state index in [4.69, 9.17) is 11.6 Å². The summed E-state index contributed by atoms with van der Waals surface area (Å²) < 4.78 is 22.7. The molecule has 2 rings (SSSR count). The number of sulfone groups is 1. The van der Waals surface area contributed by atoms with Crippen molar-refractivity contribution in [2.24, 2.45) is 0 Å². The summed E-state index contributed by atoms with van der Waals surface area (Å²) >= 11 is 10.1. The Kier molecular flexibility index (Phi) is 4.61. The summed E-state index contributed by atoms with van der Waals surface area (Å²) in [5.41, 5.74) is 0.782. The van der Waals surface area contributed by atoms with E-state index in [9.17, 15) is 13.2 Å². The van der Waals surface area contributed by atoms with Gasteiger partial charge in [0.2, 0.25) is 0 Å². The van der Waals surface area contributed by atoms with E-state index in [1.54, 1.807) is 18.2 Å². The minimum atomic E-state index is -3.26. The van der Waals surface area contributed by atoms with Crippen LogP contribution in [0.15, 0.2) is 52.3 Å². The van der Waals surface area contributed by atoms with Crippen molar-refractivity contribution < 1.29 is 13.2 Å². The highest BCUT2D eigenvalue weighted by atomic mass is 35.5. The zero-order valence-electron chi connectivity index (χ0n) is 11.0. The van der Waals surface area contributed by atoms with Gasteiger partial charge in [0.25, 0.3) is 5.91 Å². The molecule has 0 radical (unpaired) electrons. The van der Waals surface area contributed by atoms with Crippen LogP contribution in [0, 0.1) is 0 Å². The predicted octanol–water partition coefficient (Wildman–Crippen LogP) is 3.28. The molecule has 0 unspecified atom stereocenters. The zero-order chi connectivity index (χ0) is 15.6. The number of hydrogen-bond acceptors (Lipinski definition) is 4. The number of carbonyl (C=O) groups excluding carboxylic acids is 1. The number of anilines is 1. The Bertz CT molecular complexity index is 786. The highest BCUT2D eigenvalue weighted by molar-refractivity contribution is 7.90. The lowest BCUT2D eigenvalue weighted by atomic mass is 10.2. The summed E-state index contributed by atoms with van der Waals surface area (Å²) in [7, 11) is -3.26. The maximum Gasteiger partial charge on any atom is 0.257 e. The van der Waals surface area contributed by atoms with Crippen LogP contribution in [0.3, 0.4) is 0 Å². The maximum absolute atomic E-state index is 12.1. The van der Waals surface area contributed by atoms with Crippen molar-refractivity contribution in [1.82, 2.24) is 0 Å². The van der Waals surface area contributed by atoms with Crippen LogP contribution in [0.2, 0.25) is 5.02 Å². The van der Waals surface area contributed by atoms with Gasteiger partial charge in [0.15, 0.2) is 9.84 Å². The van der Waals surface area contributed by atoms with Crippen molar-refractivity contribution in [2.45, 2.75) is 9.79 Å². The second-order valence-corrected chi connectivity index (χ2v) is 7.35. The van der Waals surface area contributed by atoms with E-state index in [2.05, 4.69) is 17.9 Å². The van der Waals surface area contributed by atoms with E-state index in [0.29, 0.717) is 21.2 Å². The topological polar surface area (TPSA) is 63.2 Å². The first-order valence-corrected chi connectivity index (χ1v) is 8.59. The smallest absolute Gasteiger partial charge is 0.257 e. The minimum Gasteiger partial charge on any atom is -0.322 e. The Labute approximate surface area is 133 Å². The third-order valence-corrected chi connectivity index (χ3v) is 4.47. The SMILES string of the molecule is CS(=O)(=O)c1ccc(NC(=O)c2cc(S)ccc2Cl)cc1. The Morgan fingerprint density at radius 1 is 1.14 bits per heavy atom. The number of hydrogen-bond donors (Lipinski definition) is 2. The summed E-state index contributed by atoms with van der Waals surface area (Å²) in [6, 6.07) is 10.7. The lowest BCUT2D eigenvalue weighted by molar-refractivity contribution is 0.102. The summed E-state index contributed by atoms with van der Waals surface area (Å²) in [5, 5.41) is 2.97. The van der Waals surface area contributed by atoms with Crippen LogP contribution in [-0.4, -0.2) is 20.6 Å². The van der Waals surface area contributed by atoms with Gasteiger partial charge in [-0.25, -0.2) is 8.42 Å². The number of amides is 1. The molecule has 110 valence electrons. The lowest BCUT2D eigenvalue weighted by Gasteiger charge is -2.08. The first-order chi connectivity index (χ1) is 9.77. The summed E-state index contributed by atoms with van der Waals surface area (Å²) in [6.07, 6.45) is 1.12. The van der Waals surface area contributed by atoms with E-state index in [1.807, 2.05) is 0 Å². The molecule has 1 amide bonds. The Hall–Kier alpha value is -1.50. The van der Waals surface area contributed by atoms with E-state index < -0.39 is 9.84 Å². The van der Waals surface area contributed by atoms with E-state index in [-0.39, 0.29) is 10.8 Å². The lowest BCUT2D eigenvalue weighted by Crippen LogP contribution is -2.12. The highest BCUT2D eigenvalue weighted by Crippen LogP contribution is 2.21. The normalized spacial score (nSPS) is 11.2. The number of thiol groups is 1. The minimum absolute atomic E-state index is 0.191. The Morgan fingerprint density at radius 3 is 2.33 bits per heavy atom.